The van der Waals surface area contributed by atoms with Gasteiger partial charge < -0.3 is 0 Å². The summed E-state index contributed by atoms with van der Waals surface area (Å²) in [5, 5.41) is -0.522. The van der Waals surface area contributed by atoms with E-state index in [0.29, 0.717) is 24.9 Å². The first kappa shape index (κ1) is 15.5. The fourth-order valence-corrected chi connectivity index (χ4v) is 6.93. The van der Waals surface area contributed by atoms with Gasteiger partial charge >= 0.3 is 0 Å². The maximum absolute atomic E-state index is 12.4. The summed E-state index contributed by atoms with van der Waals surface area (Å²) in [6.45, 7) is 1.09. The first-order valence-corrected chi connectivity index (χ1v) is 10.5. The maximum Gasteiger partial charge on any atom is 0.217 e. The fourth-order valence-electron chi connectivity index (χ4n) is 2.80. The molecule has 8 heteroatoms. The SMILES string of the molecule is O=S1(=O)CCC(S(=O)(=O)N2CCC(CCCl)C2)CC1. The Bertz CT molecular complexity index is 503. The lowest BCUT2D eigenvalue weighted by molar-refractivity contribution is 0.439. The predicted molar refractivity (Wildman–Crippen MR) is 75.6 cm³/mol. The van der Waals surface area contributed by atoms with Crippen molar-refractivity contribution in [2.75, 3.05) is 30.5 Å². The molecule has 112 valence electrons. The van der Waals surface area contributed by atoms with Crippen LogP contribution in [0.4, 0.5) is 0 Å². The van der Waals surface area contributed by atoms with Crippen LogP contribution in [-0.4, -0.2) is 56.9 Å². The van der Waals surface area contributed by atoms with E-state index in [4.69, 9.17) is 11.6 Å². The predicted octanol–water partition coefficient (Wildman–Crippen LogP) is 0.844. The number of sulfone groups is 1. The third-order valence-electron chi connectivity index (χ3n) is 4.05. The van der Waals surface area contributed by atoms with Crippen molar-refractivity contribution in [2.24, 2.45) is 5.92 Å². The van der Waals surface area contributed by atoms with Gasteiger partial charge in [-0.3, -0.25) is 0 Å². The molecule has 0 spiro atoms. The monoisotopic (exact) mass is 329 g/mol. The van der Waals surface area contributed by atoms with Crippen molar-refractivity contribution in [3.05, 3.63) is 0 Å². The highest BCUT2D eigenvalue weighted by Gasteiger charge is 2.39. The summed E-state index contributed by atoms with van der Waals surface area (Å²) < 4.78 is 49.1. The molecular formula is C11H20ClNO4S2. The zero-order chi connectivity index (χ0) is 14.1. The lowest BCUT2D eigenvalue weighted by Gasteiger charge is -2.27. The lowest BCUT2D eigenvalue weighted by atomic mass is 10.1. The van der Waals surface area contributed by atoms with Gasteiger partial charge in [0.25, 0.3) is 0 Å². The zero-order valence-electron chi connectivity index (χ0n) is 10.8. The van der Waals surface area contributed by atoms with Gasteiger partial charge in [0.2, 0.25) is 10.0 Å². The lowest BCUT2D eigenvalue weighted by Crippen LogP contribution is -2.41. The highest BCUT2D eigenvalue weighted by Crippen LogP contribution is 2.28. The second kappa shape index (κ2) is 5.87. The number of nitrogens with zero attached hydrogens (tertiary/aromatic N) is 1. The van der Waals surface area contributed by atoms with Gasteiger partial charge in [0.15, 0.2) is 0 Å². The van der Waals surface area contributed by atoms with E-state index in [2.05, 4.69) is 0 Å². The number of rotatable bonds is 4. The van der Waals surface area contributed by atoms with Gasteiger partial charge in [-0.2, -0.15) is 0 Å². The highest BCUT2D eigenvalue weighted by atomic mass is 35.5. The van der Waals surface area contributed by atoms with Crippen molar-refractivity contribution in [1.82, 2.24) is 4.31 Å². The highest BCUT2D eigenvalue weighted by molar-refractivity contribution is 7.92. The second-order valence-electron chi connectivity index (χ2n) is 5.39. The second-order valence-corrected chi connectivity index (χ2v) is 10.3. The molecule has 1 atom stereocenters. The van der Waals surface area contributed by atoms with Gasteiger partial charge in [-0.15, -0.1) is 11.6 Å². The van der Waals surface area contributed by atoms with E-state index >= 15 is 0 Å². The van der Waals surface area contributed by atoms with Crippen LogP contribution in [0.3, 0.4) is 0 Å². The van der Waals surface area contributed by atoms with E-state index < -0.39 is 25.1 Å². The summed E-state index contributed by atoms with van der Waals surface area (Å²) in [6, 6.07) is 0. The molecule has 0 aromatic rings. The van der Waals surface area contributed by atoms with Crippen molar-refractivity contribution in [3.63, 3.8) is 0 Å². The average Bonchev–Trinajstić information content (AvgIpc) is 2.78. The van der Waals surface area contributed by atoms with Gasteiger partial charge in [0, 0.05) is 19.0 Å². The molecule has 0 amide bonds. The zero-order valence-corrected chi connectivity index (χ0v) is 13.2. The molecule has 0 radical (unpaired) electrons. The molecule has 2 aliphatic heterocycles. The van der Waals surface area contributed by atoms with Crippen LogP contribution in [0.15, 0.2) is 0 Å². The van der Waals surface area contributed by atoms with Crippen LogP contribution in [0.2, 0.25) is 0 Å². The average molecular weight is 330 g/mol. The van der Waals surface area contributed by atoms with E-state index in [1.807, 2.05) is 0 Å². The number of sulfonamides is 1. The van der Waals surface area contributed by atoms with Gasteiger partial charge in [0.05, 0.1) is 16.8 Å². The Morgan fingerprint density at radius 2 is 1.79 bits per heavy atom. The van der Waals surface area contributed by atoms with Gasteiger partial charge in [-0.1, -0.05) is 0 Å². The van der Waals surface area contributed by atoms with E-state index in [1.54, 1.807) is 0 Å². The molecule has 2 heterocycles. The molecule has 2 saturated heterocycles. The molecule has 2 aliphatic rings. The smallest absolute Gasteiger partial charge is 0.217 e. The Morgan fingerprint density at radius 1 is 1.16 bits per heavy atom. The summed E-state index contributed by atoms with van der Waals surface area (Å²) in [7, 11) is -6.36. The van der Waals surface area contributed by atoms with Gasteiger partial charge in [-0.25, -0.2) is 21.1 Å². The Balaban J connectivity index is 2.00. The Labute approximate surface area is 120 Å². The summed E-state index contributed by atoms with van der Waals surface area (Å²) >= 11 is 5.69. The summed E-state index contributed by atoms with van der Waals surface area (Å²) in [5.41, 5.74) is 0. The van der Waals surface area contributed by atoms with Crippen LogP contribution < -0.4 is 0 Å². The Kier molecular flexibility index (Phi) is 4.80. The van der Waals surface area contributed by atoms with E-state index in [-0.39, 0.29) is 24.3 Å². The van der Waals surface area contributed by atoms with Gasteiger partial charge in [-0.05, 0) is 31.6 Å². The summed E-state index contributed by atoms with van der Waals surface area (Å²) in [5.74, 6) is 0.894. The van der Waals surface area contributed by atoms with Crippen LogP contribution >= 0.6 is 11.6 Å². The van der Waals surface area contributed by atoms with E-state index in [0.717, 1.165) is 12.8 Å². The maximum atomic E-state index is 12.4. The fraction of sp³-hybridized carbons (Fsp3) is 1.00. The molecule has 5 nitrogen and oxygen atoms in total. The standard InChI is InChI=1S/C11H20ClNO4S2/c12-5-1-10-2-6-13(9-10)19(16,17)11-3-7-18(14,15)8-4-11/h10-11H,1-9H2. The first-order chi connectivity index (χ1) is 8.85. The molecule has 0 aliphatic carbocycles. The van der Waals surface area contributed by atoms with Crippen molar-refractivity contribution >= 4 is 31.5 Å². The van der Waals surface area contributed by atoms with Gasteiger partial charge in [0.1, 0.15) is 9.84 Å². The normalized spacial score (nSPS) is 29.6. The number of halogens is 1. The van der Waals surface area contributed by atoms with Crippen molar-refractivity contribution in [3.8, 4) is 0 Å². The minimum Gasteiger partial charge on any atom is -0.229 e. The number of alkyl halides is 1. The van der Waals surface area contributed by atoms with E-state index in [1.165, 1.54) is 4.31 Å². The van der Waals surface area contributed by atoms with Crippen LogP contribution in [-0.2, 0) is 19.9 Å². The quantitative estimate of drug-likeness (QED) is 0.717. The molecule has 1 unspecified atom stereocenters. The molecule has 0 bridgehead atoms. The van der Waals surface area contributed by atoms with Crippen LogP contribution in [0, 0.1) is 5.92 Å². The third-order valence-corrected chi connectivity index (χ3v) is 8.35. The first-order valence-electron chi connectivity index (χ1n) is 6.60. The summed E-state index contributed by atoms with van der Waals surface area (Å²) in [6.07, 6.45) is 2.17. The van der Waals surface area contributed by atoms with Crippen LogP contribution in [0.1, 0.15) is 25.7 Å². The van der Waals surface area contributed by atoms with E-state index in [9.17, 15) is 16.8 Å². The van der Waals surface area contributed by atoms with Crippen LogP contribution in [0.5, 0.6) is 0 Å². The van der Waals surface area contributed by atoms with Crippen molar-refractivity contribution in [1.29, 1.82) is 0 Å². The minimum atomic E-state index is -3.34. The summed E-state index contributed by atoms with van der Waals surface area (Å²) in [4.78, 5) is 0. The Hall–Kier alpha value is 0.150. The van der Waals surface area contributed by atoms with Crippen molar-refractivity contribution in [2.45, 2.75) is 30.9 Å². The molecule has 2 rings (SSSR count). The van der Waals surface area contributed by atoms with Crippen LogP contribution in [0.25, 0.3) is 0 Å². The molecule has 2 fully saturated rings. The minimum absolute atomic E-state index is 0.00412. The Morgan fingerprint density at radius 3 is 2.37 bits per heavy atom. The molecule has 0 aromatic heterocycles. The molecular weight excluding hydrogens is 310 g/mol. The molecule has 0 N–H and O–H groups in total. The largest absolute Gasteiger partial charge is 0.229 e. The topological polar surface area (TPSA) is 71.5 Å². The molecule has 0 saturated carbocycles. The van der Waals surface area contributed by atoms with Crippen molar-refractivity contribution < 1.29 is 16.8 Å². The molecule has 0 aromatic carbocycles. The third kappa shape index (κ3) is 3.62. The number of hydrogen-bond donors (Lipinski definition) is 0. The number of hydrogen-bond acceptors (Lipinski definition) is 4. The molecule has 19 heavy (non-hydrogen) atoms.